The van der Waals surface area contributed by atoms with Gasteiger partial charge in [0.1, 0.15) is 0 Å². The molecule has 2 rings (SSSR count). The van der Waals surface area contributed by atoms with Gasteiger partial charge in [0.05, 0.1) is 5.92 Å². The summed E-state index contributed by atoms with van der Waals surface area (Å²) in [4.78, 5) is 26.2. The van der Waals surface area contributed by atoms with E-state index in [-0.39, 0.29) is 36.2 Å². The largest absolute Gasteiger partial charge is 0.353 e. The summed E-state index contributed by atoms with van der Waals surface area (Å²) in [5, 5.41) is 3.17. The molecular weight excluding hydrogens is 302 g/mol. The molecule has 0 radical (unpaired) electrons. The summed E-state index contributed by atoms with van der Waals surface area (Å²) >= 11 is 0. The zero-order valence-corrected chi connectivity index (χ0v) is 14.4. The highest BCUT2D eigenvalue weighted by Crippen LogP contribution is 2.21. The fourth-order valence-electron chi connectivity index (χ4n) is 3.37. The molecule has 5 nitrogen and oxygen atoms in total. The van der Waals surface area contributed by atoms with Crippen LogP contribution in [0.15, 0.2) is 0 Å². The molecule has 22 heavy (non-hydrogen) atoms. The quantitative estimate of drug-likeness (QED) is 0.825. The standard InChI is InChI=1S/C16H29N3O2.ClH/c1-2-4-15(20)19-10-3-5-12(11-19)16(21)18-14-8-6-13(17)7-9-14;/h12-14H,2-11,17H2,1H3,(H,18,21);1H. The second-order valence-electron chi connectivity index (χ2n) is 6.55. The van der Waals surface area contributed by atoms with Crippen molar-refractivity contribution in [3.8, 4) is 0 Å². The average Bonchev–Trinajstić information content (AvgIpc) is 2.50. The third-order valence-corrected chi connectivity index (χ3v) is 4.73. The molecule has 0 bridgehead atoms. The van der Waals surface area contributed by atoms with E-state index in [0.717, 1.165) is 51.5 Å². The van der Waals surface area contributed by atoms with E-state index in [9.17, 15) is 9.59 Å². The van der Waals surface area contributed by atoms with Crippen LogP contribution in [-0.4, -0.2) is 41.9 Å². The molecule has 2 aliphatic rings. The zero-order valence-electron chi connectivity index (χ0n) is 13.6. The van der Waals surface area contributed by atoms with E-state index in [2.05, 4.69) is 5.32 Å². The van der Waals surface area contributed by atoms with Crippen LogP contribution in [0.25, 0.3) is 0 Å². The number of halogens is 1. The van der Waals surface area contributed by atoms with E-state index in [1.165, 1.54) is 0 Å². The van der Waals surface area contributed by atoms with Gasteiger partial charge in [-0.15, -0.1) is 12.4 Å². The molecule has 2 amide bonds. The number of amides is 2. The van der Waals surface area contributed by atoms with Crippen molar-refractivity contribution in [2.24, 2.45) is 11.7 Å². The van der Waals surface area contributed by atoms with Gasteiger partial charge >= 0.3 is 0 Å². The Morgan fingerprint density at radius 2 is 1.86 bits per heavy atom. The molecule has 1 saturated carbocycles. The Kier molecular flexibility index (Phi) is 8.18. The first kappa shape index (κ1) is 19.2. The number of carbonyl (C=O) groups is 2. The highest BCUT2D eigenvalue weighted by Gasteiger charge is 2.29. The van der Waals surface area contributed by atoms with Crippen molar-refractivity contribution in [1.29, 1.82) is 0 Å². The molecular formula is C16H30ClN3O2. The number of carbonyl (C=O) groups excluding carboxylic acids is 2. The van der Waals surface area contributed by atoms with Crippen LogP contribution in [0.4, 0.5) is 0 Å². The van der Waals surface area contributed by atoms with Crippen molar-refractivity contribution >= 4 is 24.2 Å². The summed E-state index contributed by atoms with van der Waals surface area (Å²) in [5.41, 5.74) is 5.89. The molecule has 1 unspecified atom stereocenters. The number of nitrogens with two attached hydrogens (primary N) is 1. The third-order valence-electron chi connectivity index (χ3n) is 4.73. The van der Waals surface area contributed by atoms with Crippen molar-refractivity contribution in [2.75, 3.05) is 13.1 Å². The van der Waals surface area contributed by atoms with Gasteiger partial charge in [-0.1, -0.05) is 6.92 Å². The topological polar surface area (TPSA) is 75.4 Å². The van der Waals surface area contributed by atoms with E-state index in [4.69, 9.17) is 5.73 Å². The van der Waals surface area contributed by atoms with Crippen LogP contribution in [0, 0.1) is 5.92 Å². The molecule has 3 N–H and O–H groups in total. The summed E-state index contributed by atoms with van der Waals surface area (Å²) < 4.78 is 0. The molecule has 0 aromatic carbocycles. The highest BCUT2D eigenvalue weighted by atomic mass is 35.5. The number of hydrogen-bond acceptors (Lipinski definition) is 3. The molecule has 6 heteroatoms. The van der Waals surface area contributed by atoms with Gasteiger partial charge in [-0.2, -0.15) is 0 Å². The molecule has 128 valence electrons. The molecule has 1 atom stereocenters. The van der Waals surface area contributed by atoms with Gasteiger partial charge in [-0.3, -0.25) is 9.59 Å². The molecule has 1 aliphatic carbocycles. The zero-order chi connectivity index (χ0) is 15.2. The van der Waals surface area contributed by atoms with E-state index < -0.39 is 0 Å². The Morgan fingerprint density at radius 1 is 1.18 bits per heavy atom. The van der Waals surface area contributed by atoms with Crippen molar-refractivity contribution in [1.82, 2.24) is 10.2 Å². The molecule has 2 fully saturated rings. The Morgan fingerprint density at radius 3 is 2.50 bits per heavy atom. The Hall–Kier alpha value is -0.810. The van der Waals surface area contributed by atoms with Crippen LogP contribution in [0.2, 0.25) is 0 Å². The molecule has 1 aliphatic heterocycles. The predicted octanol–water partition coefficient (Wildman–Crippen LogP) is 1.83. The normalized spacial score (nSPS) is 28.6. The van der Waals surface area contributed by atoms with Gasteiger partial charge in [0.25, 0.3) is 0 Å². The van der Waals surface area contributed by atoms with E-state index in [1.54, 1.807) is 0 Å². The molecule has 0 aromatic heterocycles. The number of rotatable bonds is 4. The number of likely N-dealkylation sites (tertiary alicyclic amines) is 1. The van der Waals surface area contributed by atoms with Crippen LogP contribution >= 0.6 is 12.4 Å². The Bertz CT molecular complexity index is 370. The van der Waals surface area contributed by atoms with Crippen LogP contribution in [0.1, 0.15) is 58.3 Å². The number of hydrogen-bond donors (Lipinski definition) is 2. The highest BCUT2D eigenvalue weighted by molar-refractivity contribution is 5.85. The summed E-state index contributed by atoms with van der Waals surface area (Å²) in [6.07, 6.45) is 7.25. The first-order valence-electron chi connectivity index (χ1n) is 8.44. The maximum Gasteiger partial charge on any atom is 0.225 e. The van der Waals surface area contributed by atoms with Crippen molar-refractivity contribution in [3.05, 3.63) is 0 Å². The van der Waals surface area contributed by atoms with Gasteiger partial charge in [0, 0.05) is 31.6 Å². The number of nitrogens with zero attached hydrogens (tertiary/aromatic N) is 1. The minimum atomic E-state index is -0.0323. The lowest BCUT2D eigenvalue weighted by Gasteiger charge is -2.34. The minimum absolute atomic E-state index is 0. The summed E-state index contributed by atoms with van der Waals surface area (Å²) in [6.45, 7) is 3.41. The first-order valence-corrected chi connectivity index (χ1v) is 8.44. The van der Waals surface area contributed by atoms with Gasteiger partial charge in [0.2, 0.25) is 11.8 Å². The predicted molar refractivity (Wildman–Crippen MR) is 89.8 cm³/mol. The summed E-state index contributed by atoms with van der Waals surface area (Å²) in [7, 11) is 0. The van der Waals surface area contributed by atoms with Gasteiger partial charge < -0.3 is 16.0 Å². The molecule has 0 aromatic rings. The monoisotopic (exact) mass is 331 g/mol. The number of nitrogens with one attached hydrogen (secondary N) is 1. The van der Waals surface area contributed by atoms with Crippen LogP contribution in [-0.2, 0) is 9.59 Å². The first-order chi connectivity index (χ1) is 10.1. The fraction of sp³-hybridized carbons (Fsp3) is 0.875. The minimum Gasteiger partial charge on any atom is -0.353 e. The summed E-state index contributed by atoms with van der Waals surface area (Å²) in [6, 6.07) is 0.578. The molecule has 0 spiro atoms. The van der Waals surface area contributed by atoms with Gasteiger partial charge in [-0.25, -0.2) is 0 Å². The van der Waals surface area contributed by atoms with Crippen LogP contribution in [0.3, 0.4) is 0 Å². The SMILES string of the molecule is CCCC(=O)N1CCCC(C(=O)NC2CCC(N)CC2)C1.Cl. The van der Waals surface area contributed by atoms with Gasteiger partial charge in [-0.05, 0) is 44.9 Å². The lowest BCUT2D eigenvalue weighted by Crippen LogP contribution is -2.48. The van der Waals surface area contributed by atoms with Crippen LogP contribution < -0.4 is 11.1 Å². The second kappa shape index (κ2) is 9.36. The van der Waals surface area contributed by atoms with E-state index in [1.807, 2.05) is 11.8 Å². The fourth-order valence-corrected chi connectivity index (χ4v) is 3.37. The second-order valence-corrected chi connectivity index (χ2v) is 6.55. The van der Waals surface area contributed by atoms with Gasteiger partial charge in [0.15, 0.2) is 0 Å². The summed E-state index contributed by atoms with van der Waals surface area (Å²) in [5.74, 6) is 0.290. The smallest absolute Gasteiger partial charge is 0.225 e. The maximum atomic E-state index is 12.4. The third kappa shape index (κ3) is 5.43. The van der Waals surface area contributed by atoms with Crippen molar-refractivity contribution in [3.63, 3.8) is 0 Å². The van der Waals surface area contributed by atoms with E-state index in [0.29, 0.717) is 19.0 Å². The van der Waals surface area contributed by atoms with Crippen molar-refractivity contribution in [2.45, 2.75) is 70.4 Å². The lowest BCUT2D eigenvalue weighted by molar-refractivity contribution is -0.136. The molecule has 1 saturated heterocycles. The molecule has 1 heterocycles. The average molecular weight is 332 g/mol. The maximum absolute atomic E-state index is 12.4. The Labute approximate surface area is 139 Å². The van der Waals surface area contributed by atoms with Crippen LogP contribution in [0.5, 0.6) is 0 Å². The lowest BCUT2D eigenvalue weighted by atomic mass is 9.90. The van der Waals surface area contributed by atoms with E-state index >= 15 is 0 Å². The number of piperidine rings is 1. The Balaban J connectivity index is 0.00000242. The van der Waals surface area contributed by atoms with Crippen molar-refractivity contribution < 1.29 is 9.59 Å².